The van der Waals surface area contributed by atoms with Gasteiger partial charge in [-0.25, -0.2) is 0 Å². The van der Waals surface area contributed by atoms with Crippen molar-refractivity contribution in [2.45, 2.75) is 19.8 Å². The fourth-order valence-electron chi connectivity index (χ4n) is 2.49. The molecule has 0 radical (unpaired) electrons. The molecule has 0 fully saturated rings. The van der Waals surface area contributed by atoms with Crippen molar-refractivity contribution in [2.24, 2.45) is 0 Å². The van der Waals surface area contributed by atoms with Crippen LogP contribution >= 0.6 is 0 Å². The third-order valence-corrected chi connectivity index (χ3v) is 3.89. The molecule has 0 saturated heterocycles. The topological polar surface area (TPSA) is 104 Å². The largest absolute Gasteiger partial charge is 0.384 e. The molecule has 27 heavy (non-hydrogen) atoms. The van der Waals surface area contributed by atoms with Crippen LogP contribution in [0.3, 0.4) is 0 Å². The van der Waals surface area contributed by atoms with Gasteiger partial charge in [0.25, 0.3) is 11.5 Å². The highest BCUT2D eigenvalue weighted by atomic mass is 16.5. The van der Waals surface area contributed by atoms with Crippen LogP contribution < -0.4 is 16.2 Å². The number of H-pyrrole nitrogens is 1. The first-order chi connectivity index (χ1) is 13.0. The first-order valence-corrected chi connectivity index (χ1v) is 8.45. The van der Waals surface area contributed by atoms with Gasteiger partial charge in [-0.3, -0.25) is 14.4 Å². The lowest BCUT2D eigenvalue weighted by molar-refractivity contribution is -0.116. The molecule has 0 aliphatic carbocycles. The summed E-state index contributed by atoms with van der Waals surface area (Å²) in [5, 5.41) is 7.75. The molecule has 7 heteroatoms. The highest BCUT2D eigenvalue weighted by molar-refractivity contribution is 6.04. The molecule has 3 rings (SSSR count). The number of nitrogens with one attached hydrogen (secondary N) is 3. The SMILES string of the molecule is Cc1ccc(C(=O)Nc2cccc(NC(=O)CCc3cc(=O)[nH]o3)c2)cc1. The Morgan fingerprint density at radius 2 is 1.70 bits per heavy atom. The zero-order valence-corrected chi connectivity index (χ0v) is 14.7. The number of amides is 2. The van der Waals surface area contributed by atoms with E-state index in [1.165, 1.54) is 6.07 Å². The zero-order valence-electron chi connectivity index (χ0n) is 14.7. The number of aromatic nitrogens is 1. The van der Waals surface area contributed by atoms with Crippen molar-refractivity contribution in [1.82, 2.24) is 5.16 Å². The Balaban J connectivity index is 1.57. The number of hydrogen-bond acceptors (Lipinski definition) is 4. The van der Waals surface area contributed by atoms with E-state index in [0.717, 1.165) is 5.56 Å². The predicted octanol–water partition coefficient (Wildman–Crippen LogP) is 3.10. The van der Waals surface area contributed by atoms with Gasteiger partial charge in [0.05, 0.1) is 0 Å². The Hall–Kier alpha value is -3.61. The molecule has 0 saturated carbocycles. The van der Waals surface area contributed by atoms with Crippen LogP contribution in [0.4, 0.5) is 11.4 Å². The van der Waals surface area contributed by atoms with Gasteiger partial charge in [-0.05, 0) is 37.3 Å². The van der Waals surface area contributed by atoms with E-state index in [0.29, 0.717) is 29.1 Å². The van der Waals surface area contributed by atoms with Crippen molar-refractivity contribution in [2.75, 3.05) is 10.6 Å². The average Bonchev–Trinajstić information content (AvgIpc) is 3.06. The first-order valence-electron chi connectivity index (χ1n) is 8.45. The minimum absolute atomic E-state index is 0.167. The molecule has 3 N–H and O–H groups in total. The summed E-state index contributed by atoms with van der Waals surface area (Å²) < 4.78 is 4.91. The number of benzene rings is 2. The van der Waals surface area contributed by atoms with Gasteiger partial charge in [0.15, 0.2) is 0 Å². The van der Waals surface area contributed by atoms with Crippen molar-refractivity contribution < 1.29 is 14.1 Å². The second-order valence-electron chi connectivity index (χ2n) is 6.13. The summed E-state index contributed by atoms with van der Waals surface area (Å²) in [5.41, 5.74) is 2.45. The van der Waals surface area contributed by atoms with Crippen LogP contribution in [0.5, 0.6) is 0 Å². The molecule has 1 heterocycles. The second-order valence-corrected chi connectivity index (χ2v) is 6.13. The van der Waals surface area contributed by atoms with Crippen LogP contribution in [0.25, 0.3) is 0 Å². The second kappa shape index (κ2) is 8.18. The van der Waals surface area contributed by atoms with Gasteiger partial charge in [-0.2, -0.15) is 5.16 Å². The molecule has 3 aromatic rings. The van der Waals surface area contributed by atoms with E-state index in [1.807, 2.05) is 19.1 Å². The van der Waals surface area contributed by atoms with E-state index < -0.39 is 0 Å². The van der Waals surface area contributed by atoms with E-state index in [4.69, 9.17) is 4.52 Å². The molecule has 0 bridgehead atoms. The van der Waals surface area contributed by atoms with Gasteiger partial charge in [-0.1, -0.05) is 23.8 Å². The number of hydrogen-bond donors (Lipinski definition) is 3. The number of carbonyl (C=O) groups is 2. The predicted molar refractivity (Wildman–Crippen MR) is 102 cm³/mol. The summed E-state index contributed by atoms with van der Waals surface area (Å²) in [6.07, 6.45) is 0.481. The fourth-order valence-corrected chi connectivity index (χ4v) is 2.49. The normalized spacial score (nSPS) is 10.4. The molecule has 0 atom stereocenters. The van der Waals surface area contributed by atoms with Gasteiger partial charge in [0.2, 0.25) is 5.91 Å². The summed E-state index contributed by atoms with van der Waals surface area (Å²) >= 11 is 0. The standard InChI is InChI=1S/C20H19N3O4/c1-13-5-7-14(8-6-13)20(26)22-16-4-2-3-15(11-16)21-18(24)10-9-17-12-19(25)23-27-17/h2-8,11-12H,9-10H2,1H3,(H,21,24)(H,22,26)(H,23,25). The molecule has 0 aliphatic rings. The lowest BCUT2D eigenvalue weighted by Crippen LogP contribution is -2.14. The molecule has 0 spiro atoms. The van der Waals surface area contributed by atoms with E-state index in [-0.39, 0.29) is 23.8 Å². The van der Waals surface area contributed by atoms with Gasteiger partial charge in [0.1, 0.15) is 5.76 Å². The molecule has 7 nitrogen and oxygen atoms in total. The third-order valence-electron chi connectivity index (χ3n) is 3.89. The highest BCUT2D eigenvalue weighted by Gasteiger charge is 2.09. The summed E-state index contributed by atoms with van der Waals surface area (Å²) in [4.78, 5) is 35.3. The molecule has 2 aromatic carbocycles. The van der Waals surface area contributed by atoms with Crippen LogP contribution in [0.2, 0.25) is 0 Å². The smallest absolute Gasteiger partial charge is 0.280 e. The minimum atomic E-state index is -0.331. The van der Waals surface area contributed by atoms with E-state index >= 15 is 0 Å². The van der Waals surface area contributed by atoms with Crippen LogP contribution in [-0.2, 0) is 11.2 Å². The first kappa shape index (κ1) is 18.2. The maximum absolute atomic E-state index is 12.3. The third kappa shape index (κ3) is 5.18. The summed E-state index contributed by atoms with van der Waals surface area (Å²) in [7, 11) is 0. The van der Waals surface area contributed by atoms with Gasteiger partial charge in [-0.15, -0.1) is 0 Å². The number of rotatable bonds is 6. The molecule has 2 amide bonds. The van der Waals surface area contributed by atoms with E-state index in [1.54, 1.807) is 36.4 Å². The Labute approximate surface area is 155 Å². The lowest BCUT2D eigenvalue weighted by atomic mass is 10.1. The molecule has 138 valence electrons. The van der Waals surface area contributed by atoms with Gasteiger partial charge >= 0.3 is 0 Å². The van der Waals surface area contributed by atoms with Crippen molar-refractivity contribution in [3.05, 3.63) is 81.8 Å². The average molecular weight is 365 g/mol. The number of carbonyl (C=O) groups excluding carboxylic acids is 2. The van der Waals surface area contributed by atoms with Crippen molar-refractivity contribution in [1.29, 1.82) is 0 Å². The maximum Gasteiger partial charge on any atom is 0.280 e. The Morgan fingerprint density at radius 3 is 2.37 bits per heavy atom. The van der Waals surface area contributed by atoms with Gasteiger partial charge in [0, 0.05) is 35.8 Å². The Kier molecular flexibility index (Phi) is 5.51. The monoisotopic (exact) mass is 365 g/mol. The van der Waals surface area contributed by atoms with Crippen LogP contribution in [0, 0.1) is 6.92 Å². The Bertz CT molecular complexity index is 1000. The van der Waals surface area contributed by atoms with Crippen molar-refractivity contribution in [3.63, 3.8) is 0 Å². The number of aromatic amines is 1. The van der Waals surface area contributed by atoms with Crippen molar-refractivity contribution >= 4 is 23.2 Å². The van der Waals surface area contributed by atoms with Gasteiger partial charge < -0.3 is 15.2 Å². The molecular formula is C20H19N3O4. The number of anilines is 2. The van der Waals surface area contributed by atoms with E-state index in [9.17, 15) is 14.4 Å². The molecule has 1 aromatic heterocycles. The summed E-state index contributed by atoms with van der Waals surface area (Å²) in [5.74, 6) is -0.0175. The molecule has 0 aliphatic heterocycles. The van der Waals surface area contributed by atoms with Crippen molar-refractivity contribution in [3.8, 4) is 0 Å². The van der Waals surface area contributed by atoms with Crippen LogP contribution in [0.1, 0.15) is 28.1 Å². The lowest BCUT2D eigenvalue weighted by Gasteiger charge is -2.09. The molecular weight excluding hydrogens is 346 g/mol. The number of aryl methyl sites for hydroxylation is 2. The van der Waals surface area contributed by atoms with E-state index in [2.05, 4.69) is 15.8 Å². The Morgan fingerprint density at radius 1 is 1.00 bits per heavy atom. The zero-order chi connectivity index (χ0) is 19.2. The maximum atomic E-state index is 12.3. The summed E-state index contributed by atoms with van der Waals surface area (Å²) in [6, 6.07) is 15.5. The fraction of sp³-hybridized carbons (Fsp3) is 0.150. The van der Waals surface area contributed by atoms with Crippen LogP contribution in [-0.4, -0.2) is 17.0 Å². The summed E-state index contributed by atoms with van der Waals surface area (Å²) in [6.45, 7) is 1.96. The quantitative estimate of drug-likeness (QED) is 0.624. The van der Waals surface area contributed by atoms with Crippen LogP contribution in [0.15, 0.2) is 63.9 Å². The highest BCUT2D eigenvalue weighted by Crippen LogP contribution is 2.17. The molecule has 0 unspecified atom stereocenters. The minimum Gasteiger partial charge on any atom is -0.384 e.